The van der Waals surface area contributed by atoms with Crippen molar-refractivity contribution in [2.24, 2.45) is 7.05 Å². The summed E-state index contributed by atoms with van der Waals surface area (Å²) in [5.41, 5.74) is 0.914. The topological polar surface area (TPSA) is 67.2 Å². The summed E-state index contributed by atoms with van der Waals surface area (Å²) >= 11 is 0. The van der Waals surface area contributed by atoms with Crippen LogP contribution in [0, 0.1) is 6.92 Å². The predicted molar refractivity (Wildman–Crippen MR) is 76.3 cm³/mol. The fraction of sp³-hybridized carbons (Fsp3) is 0.333. The third-order valence-electron chi connectivity index (χ3n) is 3.34. The summed E-state index contributed by atoms with van der Waals surface area (Å²) < 4.78 is 1.64. The SMILES string of the molecule is Cc1cc(C(=O)NCC(C)(O)c2ccccc2)nn1C. The van der Waals surface area contributed by atoms with E-state index in [1.165, 1.54) is 0 Å². The molecule has 0 radical (unpaired) electrons. The minimum atomic E-state index is -1.11. The van der Waals surface area contributed by atoms with Crippen molar-refractivity contribution in [3.05, 3.63) is 53.3 Å². The van der Waals surface area contributed by atoms with Gasteiger partial charge in [0.2, 0.25) is 0 Å². The first-order chi connectivity index (χ1) is 9.40. The van der Waals surface area contributed by atoms with Crippen molar-refractivity contribution in [2.45, 2.75) is 19.4 Å². The molecular weight excluding hydrogens is 254 g/mol. The highest BCUT2D eigenvalue weighted by molar-refractivity contribution is 5.92. The Morgan fingerprint density at radius 1 is 1.40 bits per heavy atom. The Kier molecular flexibility index (Phi) is 3.90. The summed E-state index contributed by atoms with van der Waals surface area (Å²) in [6.07, 6.45) is 0. The number of hydrogen-bond acceptors (Lipinski definition) is 3. The van der Waals surface area contributed by atoms with Crippen LogP contribution in [0.5, 0.6) is 0 Å². The van der Waals surface area contributed by atoms with Gasteiger partial charge < -0.3 is 10.4 Å². The lowest BCUT2D eigenvalue weighted by molar-refractivity contribution is 0.0525. The smallest absolute Gasteiger partial charge is 0.271 e. The molecule has 20 heavy (non-hydrogen) atoms. The van der Waals surface area contributed by atoms with Crippen molar-refractivity contribution < 1.29 is 9.90 Å². The first kappa shape index (κ1) is 14.3. The quantitative estimate of drug-likeness (QED) is 0.884. The van der Waals surface area contributed by atoms with Crippen LogP contribution in [0.15, 0.2) is 36.4 Å². The lowest BCUT2D eigenvalue weighted by atomic mass is 9.96. The Hall–Kier alpha value is -2.14. The first-order valence-electron chi connectivity index (χ1n) is 6.47. The van der Waals surface area contributed by atoms with Gasteiger partial charge in [0.15, 0.2) is 0 Å². The molecule has 0 aliphatic carbocycles. The number of carbonyl (C=O) groups is 1. The van der Waals surface area contributed by atoms with Crippen LogP contribution in [0.3, 0.4) is 0 Å². The zero-order chi connectivity index (χ0) is 14.8. The predicted octanol–water partition coefficient (Wildman–Crippen LogP) is 1.37. The Balaban J connectivity index is 2.03. The Morgan fingerprint density at radius 2 is 2.05 bits per heavy atom. The molecule has 0 spiro atoms. The molecule has 0 aliphatic heterocycles. The maximum atomic E-state index is 12.0. The molecular formula is C15H19N3O2. The molecule has 2 N–H and O–H groups in total. The number of aliphatic hydroxyl groups is 1. The second kappa shape index (κ2) is 5.46. The fourth-order valence-corrected chi connectivity index (χ4v) is 1.91. The number of amides is 1. The molecule has 1 unspecified atom stereocenters. The zero-order valence-corrected chi connectivity index (χ0v) is 11.9. The second-order valence-electron chi connectivity index (χ2n) is 5.12. The Labute approximate surface area is 118 Å². The van der Waals surface area contributed by atoms with Gasteiger partial charge in [0.1, 0.15) is 11.3 Å². The number of rotatable bonds is 4. The number of nitrogens with zero attached hydrogens (tertiary/aromatic N) is 2. The number of hydrogen-bond donors (Lipinski definition) is 2. The molecule has 1 aromatic carbocycles. The molecule has 1 amide bonds. The van der Waals surface area contributed by atoms with Crippen molar-refractivity contribution in [2.75, 3.05) is 6.54 Å². The van der Waals surface area contributed by atoms with E-state index in [0.29, 0.717) is 5.69 Å². The van der Waals surface area contributed by atoms with Crippen LogP contribution >= 0.6 is 0 Å². The fourth-order valence-electron chi connectivity index (χ4n) is 1.91. The van der Waals surface area contributed by atoms with E-state index in [1.807, 2.05) is 37.3 Å². The largest absolute Gasteiger partial charge is 0.384 e. The standard InChI is InChI=1S/C15H19N3O2/c1-11-9-13(17-18(11)3)14(19)16-10-15(2,20)12-7-5-4-6-8-12/h4-9,20H,10H2,1-3H3,(H,16,19). The summed E-state index contributed by atoms with van der Waals surface area (Å²) in [4.78, 5) is 12.0. The van der Waals surface area contributed by atoms with E-state index in [9.17, 15) is 9.90 Å². The van der Waals surface area contributed by atoms with E-state index >= 15 is 0 Å². The van der Waals surface area contributed by atoms with E-state index in [1.54, 1.807) is 24.7 Å². The van der Waals surface area contributed by atoms with Crippen LogP contribution in [-0.4, -0.2) is 27.3 Å². The van der Waals surface area contributed by atoms with Gasteiger partial charge in [-0.1, -0.05) is 30.3 Å². The van der Waals surface area contributed by atoms with Crippen LogP contribution in [0.1, 0.15) is 28.7 Å². The zero-order valence-electron chi connectivity index (χ0n) is 11.9. The van der Waals surface area contributed by atoms with Crippen molar-refractivity contribution in [1.29, 1.82) is 0 Å². The van der Waals surface area contributed by atoms with Crippen molar-refractivity contribution in [3.8, 4) is 0 Å². The van der Waals surface area contributed by atoms with E-state index in [-0.39, 0.29) is 12.5 Å². The monoisotopic (exact) mass is 273 g/mol. The van der Waals surface area contributed by atoms with Crippen LogP contribution in [0.4, 0.5) is 0 Å². The third kappa shape index (κ3) is 3.05. The van der Waals surface area contributed by atoms with Crippen LogP contribution in [-0.2, 0) is 12.6 Å². The third-order valence-corrected chi connectivity index (χ3v) is 3.34. The summed E-state index contributed by atoms with van der Waals surface area (Å²) in [5.74, 6) is -0.287. The van der Waals surface area contributed by atoms with Gasteiger partial charge in [-0.25, -0.2) is 0 Å². The average molecular weight is 273 g/mol. The summed E-state index contributed by atoms with van der Waals surface area (Å²) in [6.45, 7) is 3.68. The van der Waals surface area contributed by atoms with Gasteiger partial charge in [0, 0.05) is 12.7 Å². The van der Waals surface area contributed by atoms with Gasteiger partial charge >= 0.3 is 0 Å². The van der Waals surface area contributed by atoms with Crippen LogP contribution in [0.25, 0.3) is 0 Å². The van der Waals surface area contributed by atoms with Crippen LogP contribution < -0.4 is 5.32 Å². The molecule has 5 nitrogen and oxygen atoms in total. The van der Waals surface area contributed by atoms with Crippen molar-refractivity contribution in [3.63, 3.8) is 0 Å². The number of benzene rings is 1. The molecule has 1 aromatic heterocycles. The highest BCUT2D eigenvalue weighted by Crippen LogP contribution is 2.19. The minimum absolute atomic E-state index is 0.130. The van der Waals surface area contributed by atoms with Gasteiger partial charge in [0.05, 0.1) is 6.54 Å². The molecule has 0 saturated heterocycles. The second-order valence-corrected chi connectivity index (χ2v) is 5.12. The first-order valence-corrected chi connectivity index (χ1v) is 6.47. The van der Waals surface area contributed by atoms with Crippen LogP contribution in [0.2, 0.25) is 0 Å². The molecule has 5 heteroatoms. The van der Waals surface area contributed by atoms with E-state index in [4.69, 9.17) is 0 Å². The molecule has 2 rings (SSSR count). The lowest BCUT2D eigenvalue weighted by Gasteiger charge is -2.23. The van der Waals surface area contributed by atoms with Gasteiger partial charge in [-0.15, -0.1) is 0 Å². The van der Waals surface area contributed by atoms with E-state index in [2.05, 4.69) is 10.4 Å². The van der Waals surface area contributed by atoms with E-state index in [0.717, 1.165) is 11.3 Å². The maximum Gasteiger partial charge on any atom is 0.271 e. The summed E-state index contributed by atoms with van der Waals surface area (Å²) in [6, 6.07) is 11.0. The molecule has 1 heterocycles. The number of nitrogens with one attached hydrogen (secondary N) is 1. The van der Waals surface area contributed by atoms with Gasteiger partial charge in [-0.2, -0.15) is 5.10 Å². The molecule has 2 aromatic rings. The normalized spacial score (nSPS) is 13.8. The molecule has 0 aliphatic rings. The Morgan fingerprint density at radius 3 is 2.60 bits per heavy atom. The molecule has 1 atom stereocenters. The van der Waals surface area contributed by atoms with Crippen molar-refractivity contribution in [1.82, 2.24) is 15.1 Å². The number of carbonyl (C=O) groups excluding carboxylic acids is 1. The van der Waals surface area contributed by atoms with Gasteiger partial charge in [-0.05, 0) is 25.5 Å². The summed E-state index contributed by atoms with van der Waals surface area (Å²) in [7, 11) is 1.78. The Bertz CT molecular complexity index is 583. The molecule has 0 saturated carbocycles. The van der Waals surface area contributed by atoms with Gasteiger partial charge in [-0.3, -0.25) is 9.48 Å². The number of aromatic nitrogens is 2. The highest BCUT2D eigenvalue weighted by Gasteiger charge is 2.24. The van der Waals surface area contributed by atoms with Gasteiger partial charge in [0.25, 0.3) is 5.91 Å². The molecule has 0 bridgehead atoms. The minimum Gasteiger partial charge on any atom is -0.384 e. The highest BCUT2D eigenvalue weighted by atomic mass is 16.3. The lowest BCUT2D eigenvalue weighted by Crippen LogP contribution is -2.38. The average Bonchev–Trinajstić information content (AvgIpc) is 2.77. The maximum absolute atomic E-state index is 12.0. The van der Waals surface area contributed by atoms with E-state index < -0.39 is 5.60 Å². The number of aryl methyl sites for hydroxylation is 2. The molecule has 0 fully saturated rings. The van der Waals surface area contributed by atoms with Crippen molar-refractivity contribution >= 4 is 5.91 Å². The molecule has 106 valence electrons. The summed E-state index contributed by atoms with van der Waals surface area (Å²) in [5, 5.41) is 17.2.